The molecule has 0 saturated carbocycles. The SMILES string of the molecule is C/C=C\CC/C=C\Cc1ccc(-c2ccc(C)cc2)cc1. The molecule has 0 nitrogen and oxygen atoms in total. The Balaban J connectivity index is 1.91. The molecular weight excluding hydrogens is 252 g/mol. The molecular formula is C21H24. The molecule has 0 heterocycles. The van der Waals surface area contributed by atoms with Crippen LogP contribution in [-0.4, -0.2) is 0 Å². The number of hydrogen-bond acceptors (Lipinski definition) is 0. The maximum absolute atomic E-state index is 2.27. The molecule has 0 saturated heterocycles. The first-order valence-electron chi connectivity index (χ1n) is 7.72. The van der Waals surface area contributed by atoms with Crippen molar-refractivity contribution < 1.29 is 0 Å². The Labute approximate surface area is 128 Å². The third kappa shape index (κ3) is 5.07. The summed E-state index contributed by atoms with van der Waals surface area (Å²) in [4.78, 5) is 0. The Morgan fingerprint density at radius 2 is 1.29 bits per heavy atom. The van der Waals surface area contributed by atoms with Crippen LogP contribution in [0.4, 0.5) is 0 Å². The number of aryl methyl sites for hydroxylation is 1. The zero-order valence-corrected chi connectivity index (χ0v) is 13.0. The van der Waals surface area contributed by atoms with Crippen molar-refractivity contribution in [2.75, 3.05) is 0 Å². The molecule has 0 aliphatic carbocycles. The Morgan fingerprint density at radius 3 is 1.90 bits per heavy atom. The topological polar surface area (TPSA) is 0 Å². The van der Waals surface area contributed by atoms with Gasteiger partial charge in [-0.2, -0.15) is 0 Å². The average molecular weight is 276 g/mol. The van der Waals surface area contributed by atoms with Crippen LogP contribution in [0.15, 0.2) is 72.8 Å². The van der Waals surface area contributed by atoms with Gasteiger partial charge in [0.25, 0.3) is 0 Å². The monoisotopic (exact) mass is 276 g/mol. The predicted molar refractivity (Wildman–Crippen MR) is 93.5 cm³/mol. The first-order chi connectivity index (χ1) is 10.3. The van der Waals surface area contributed by atoms with Crippen LogP contribution in [0.5, 0.6) is 0 Å². The molecule has 0 aliphatic heterocycles. The van der Waals surface area contributed by atoms with Gasteiger partial charge in [-0.25, -0.2) is 0 Å². The normalized spacial score (nSPS) is 11.5. The molecule has 0 bridgehead atoms. The highest BCUT2D eigenvalue weighted by atomic mass is 14.0. The lowest BCUT2D eigenvalue weighted by Gasteiger charge is -2.04. The molecule has 2 aromatic carbocycles. The van der Waals surface area contributed by atoms with Gasteiger partial charge in [-0.1, -0.05) is 78.4 Å². The minimum Gasteiger partial charge on any atom is -0.0917 e. The van der Waals surface area contributed by atoms with Crippen LogP contribution in [0.3, 0.4) is 0 Å². The molecule has 0 amide bonds. The van der Waals surface area contributed by atoms with Crippen molar-refractivity contribution in [1.82, 2.24) is 0 Å². The van der Waals surface area contributed by atoms with Gasteiger partial charge in [0.2, 0.25) is 0 Å². The number of hydrogen-bond donors (Lipinski definition) is 0. The Bertz CT molecular complexity index is 583. The fourth-order valence-electron chi connectivity index (χ4n) is 2.28. The summed E-state index contributed by atoms with van der Waals surface area (Å²) >= 11 is 0. The van der Waals surface area contributed by atoms with Crippen molar-refractivity contribution in [2.45, 2.75) is 33.1 Å². The van der Waals surface area contributed by atoms with Crippen LogP contribution in [-0.2, 0) is 6.42 Å². The second-order valence-corrected chi connectivity index (χ2v) is 5.38. The highest BCUT2D eigenvalue weighted by molar-refractivity contribution is 5.63. The van der Waals surface area contributed by atoms with Crippen LogP contribution in [0.1, 0.15) is 30.9 Å². The summed E-state index contributed by atoms with van der Waals surface area (Å²) in [6.07, 6.45) is 12.1. The predicted octanol–water partition coefficient (Wildman–Crippen LogP) is 6.12. The molecule has 0 atom stereocenters. The van der Waals surface area contributed by atoms with Gasteiger partial charge >= 0.3 is 0 Å². The molecule has 2 aromatic rings. The van der Waals surface area contributed by atoms with Gasteiger partial charge in [-0.3, -0.25) is 0 Å². The van der Waals surface area contributed by atoms with Crippen molar-refractivity contribution >= 4 is 0 Å². The molecule has 2 rings (SSSR count). The Hall–Kier alpha value is -2.08. The summed E-state index contributed by atoms with van der Waals surface area (Å²) in [5.74, 6) is 0. The van der Waals surface area contributed by atoms with E-state index in [0.717, 1.165) is 19.3 Å². The van der Waals surface area contributed by atoms with Crippen LogP contribution in [0.2, 0.25) is 0 Å². The maximum atomic E-state index is 2.27. The molecule has 0 aromatic heterocycles. The van der Waals surface area contributed by atoms with Crippen LogP contribution < -0.4 is 0 Å². The average Bonchev–Trinajstić information content (AvgIpc) is 2.52. The highest BCUT2D eigenvalue weighted by Gasteiger charge is 1.97. The van der Waals surface area contributed by atoms with E-state index in [1.54, 1.807) is 0 Å². The lowest BCUT2D eigenvalue weighted by Crippen LogP contribution is -1.83. The number of rotatable bonds is 6. The molecule has 0 spiro atoms. The summed E-state index contributed by atoms with van der Waals surface area (Å²) in [5.41, 5.74) is 5.25. The van der Waals surface area contributed by atoms with Gasteiger partial charge in [-0.05, 0) is 49.8 Å². The van der Waals surface area contributed by atoms with E-state index in [1.807, 2.05) is 0 Å². The molecule has 0 heteroatoms. The second kappa shape index (κ2) is 8.26. The van der Waals surface area contributed by atoms with E-state index < -0.39 is 0 Å². The number of unbranched alkanes of at least 4 members (excludes halogenated alkanes) is 1. The van der Waals surface area contributed by atoms with Gasteiger partial charge in [0.05, 0.1) is 0 Å². The number of benzene rings is 2. The molecule has 0 radical (unpaired) electrons. The lowest BCUT2D eigenvalue weighted by atomic mass is 10.0. The summed E-state index contributed by atoms with van der Waals surface area (Å²) in [6.45, 7) is 4.19. The van der Waals surface area contributed by atoms with Crippen molar-refractivity contribution in [1.29, 1.82) is 0 Å². The highest BCUT2D eigenvalue weighted by Crippen LogP contribution is 2.20. The smallest absolute Gasteiger partial charge is 0.00974 e. The van der Waals surface area contributed by atoms with E-state index in [2.05, 4.69) is 86.7 Å². The Kier molecular flexibility index (Phi) is 6.02. The zero-order valence-electron chi connectivity index (χ0n) is 13.0. The molecule has 21 heavy (non-hydrogen) atoms. The van der Waals surface area contributed by atoms with Crippen molar-refractivity contribution in [3.8, 4) is 11.1 Å². The lowest BCUT2D eigenvalue weighted by molar-refractivity contribution is 1.04. The van der Waals surface area contributed by atoms with Crippen molar-refractivity contribution in [3.63, 3.8) is 0 Å². The fourth-order valence-corrected chi connectivity index (χ4v) is 2.28. The van der Waals surface area contributed by atoms with Gasteiger partial charge < -0.3 is 0 Å². The first-order valence-corrected chi connectivity index (χ1v) is 7.72. The third-order valence-electron chi connectivity index (χ3n) is 3.59. The maximum Gasteiger partial charge on any atom is -0.00974 e. The fraction of sp³-hybridized carbons (Fsp3) is 0.238. The summed E-state index contributed by atoms with van der Waals surface area (Å²) < 4.78 is 0. The van der Waals surface area contributed by atoms with E-state index in [-0.39, 0.29) is 0 Å². The van der Waals surface area contributed by atoms with Gasteiger partial charge in [0.15, 0.2) is 0 Å². The quantitative estimate of drug-likeness (QED) is 0.440. The standard InChI is InChI=1S/C21H24/c1-3-4-5-6-7-8-9-19-12-16-21(17-13-19)20-14-10-18(2)11-15-20/h3-4,7-8,10-17H,5-6,9H2,1-2H3/b4-3-,8-7-. The Morgan fingerprint density at radius 1 is 0.714 bits per heavy atom. The molecule has 0 N–H and O–H groups in total. The largest absolute Gasteiger partial charge is 0.0917 e. The van der Waals surface area contributed by atoms with E-state index in [1.165, 1.54) is 22.3 Å². The number of allylic oxidation sites excluding steroid dienone is 4. The van der Waals surface area contributed by atoms with Crippen LogP contribution in [0, 0.1) is 6.92 Å². The summed E-state index contributed by atoms with van der Waals surface area (Å²) in [7, 11) is 0. The van der Waals surface area contributed by atoms with Gasteiger partial charge in [0.1, 0.15) is 0 Å². The van der Waals surface area contributed by atoms with Gasteiger partial charge in [-0.15, -0.1) is 0 Å². The molecule has 0 aliphatic rings. The molecule has 0 unspecified atom stereocenters. The summed E-state index contributed by atoms with van der Waals surface area (Å²) in [5, 5.41) is 0. The van der Waals surface area contributed by atoms with E-state index in [4.69, 9.17) is 0 Å². The van der Waals surface area contributed by atoms with Crippen LogP contribution >= 0.6 is 0 Å². The third-order valence-corrected chi connectivity index (χ3v) is 3.59. The van der Waals surface area contributed by atoms with E-state index in [9.17, 15) is 0 Å². The second-order valence-electron chi connectivity index (χ2n) is 5.38. The van der Waals surface area contributed by atoms with Crippen LogP contribution in [0.25, 0.3) is 11.1 Å². The minimum absolute atomic E-state index is 1.02. The van der Waals surface area contributed by atoms with Gasteiger partial charge in [0, 0.05) is 0 Å². The summed E-state index contributed by atoms with van der Waals surface area (Å²) in [6, 6.07) is 17.6. The van der Waals surface area contributed by atoms with E-state index in [0.29, 0.717) is 0 Å². The molecule has 0 fully saturated rings. The van der Waals surface area contributed by atoms with Crippen molar-refractivity contribution in [2.24, 2.45) is 0 Å². The first kappa shape index (κ1) is 15.3. The van der Waals surface area contributed by atoms with E-state index >= 15 is 0 Å². The van der Waals surface area contributed by atoms with Crippen molar-refractivity contribution in [3.05, 3.63) is 84.0 Å². The zero-order chi connectivity index (χ0) is 14.9. The molecule has 108 valence electrons. The minimum atomic E-state index is 1.02.